The van der Waals surface area contributed by atoms with Gasteiger partial charge >= 0.3 is 0 Å². The Balaban J connectivity index is 0.00000180. The van der Waals surface area contributed by atoms with Crippen molar-refractivity contribution in [2.75, 3.05) is 26.2 Å². The quantitative estimate of drug-likeness (QED) is 0.341. The second kappa shape index (κ2) is 12.2. The zero-order valence-corrected chi connectivity index (χ0v) is 21.4. The first-order chi connectivity index (χ1) is 16.6. The van der Waals surface area contributed by atoms with Gasteiger partial charge in [-0.3, -0.25) is 4.90 Å². The molecule has 1 fully saturated rings. The Bertz CT molecular complexity index is 1280. The average molecular weight is 511 g/mol. The third-order valence-corrected chi connectivity index (χ3v) is 6.85. The Kier molecular flexibility index (Phi) is 9.26. The Morgan fingerprint density at radius 1 is 0.889 bits per heavy atom. The smallest absolute Gasteiger partial charge is 0.124 e. The highest BCUT2D eigenvalue weighted by Gasteiger charge is 2.19. The predicted octanol–water partition coefficient (Wildman–Crippen LogP) is 5.54. The highest BCUT2D eigenvalue weighted by atomic mass is 35.5. The van der Waals surface area contributed by atoms with Gasteiger partial charge in [0.15, 0.2) is 0 Å². The molecule has 0 atom stereocenters. The first-order valence-electron chi connectivity index (χ1n) is 12.1. The normalized spacial score (nSPS) is 13.7. The van der Waals surface area contributed by atoms with Crippen molar-refractivity contribution < 1.29 is 20.4 Å². The van der Waals surface area contributed by atoms with Gasteiger partial charge in [0.25, 0.3) is 0 Å². The van der Waals surface area contributed by atoms with Gasteiger partial charge in [0, 0.05) is 29.6 Å². The Morgan fingerprint density at radius 2 is 1.61 bits per heavy atom. The first-order valence-corrected chi connectivity index (χ1v) is 12.1. The summed E-state index contributed by atoms with van der Waals surface area (Å²) >= 11 is 0. The molecule has 0 unspecified atom stereocenters. The Labute approximate surface area is 218 Å². The van der Waals surface area contributed by atoms with Crippen LogP contribution in [-0.4, -0.2) is 51.4 Å². The summed E-state index contributed by atoms with van der Waals surface area (Å²) in [6.07, 6.45) is 3.94. The minimum absolute atomic E-state index is 0. The van der Waals surface area contributed by atoms with Crippen molar-refractivity contribution in [3.63, 3.8) is 0 Å². The first kappa shape index (κ1) is 27.4. The van der Waals surface area contributed by atoms with Gasteiger partial charge in [0.2, 0.25) is 0 Å². The van der Waals surface area contributed by atoms with E-state index in [0.717, 1.165) is 45.6 Å². The SMILES string of the molecule is Cc1c(-c2ccccc2O)n(Cc2ccc(OCCN3CCCCC3)cc2)c2ccc(O)cc12.Cl.O. The fraction of sp³-hybridized carbons (Fsp3) is 0.310. The van der Waals surface area contributed by atoms with Crippen molar-refractivity contribution >= 4 is 23.3 Å². The number of phenols is 2. The number of fused-ring (bicyclic) bond motifs is 1. The topological polar surface area (TPSA) is 89.4 Å². The lowest BCUT2D eigenvalue weighted by molar-refractivity contribution is 0.183. The van der Waals surface area contributed by atoms with Crippen molar-refractivity contribution in [3.05, 3.63) is 77.9 Å². The number of aromatic nitrogens is 1. The van der Waals surface area contributed by atoms with E-state index in [9.17, 15) is 10.2 Å². The van der Waals surface area contributed by atoms with Crippen LogP contribution in [0.5, 0.6) is 17.2 Å². The van der Waals surface area contributed by atoms with E-state index in [1.54, 1.807) is 18.2 Å². The van der Waals surface area contributed by atoms with Crippen LogP contribution in [0.1, 0.15) is 30.4 Å². The second-order valence-corrected chi connectivity index (χ2v) is 9.17. The number of likely N-dealkylation sites (tertiary alicyclic amines) is 1. The van der Waals surface area contributed by atoms with Crippen molar-refractivity contribution in [3.8, 4) is 28.5 Å². The minimum atomic E-state index is 0. The van der Waals surface area contributed by atoms with E-state index in [1.807, 2.05) is 43.3 Å². The lowest BCUT2D eigenvalue weighted by atomic mass is 10.1. The van der Waals surface area contributed by atoms with Gasteiger partial charge in [0.05, 0.1) is 5.69 Å². The maximum absolute atomic E-state index is 10.6. The maximum atomic E-state index is 10.6. The standard InChI is InChI=1S/C29H32N2O3.ClH.H2O/c1-21-26-19-23(32)11-14-27(26)31(29(21)25-7-3-4-8-28(25)33)20-22-9-12-24(13-10-22)34-18-17-30-15-5-2-6-16-30;;/h3-4,7-14,19,32-33H,2,5-6,15-18,20H2,1H3;1H;1H2. The van der Waals surface area contributed by atoms with Crippen LogP contribution in [0.3, 0.4) is 0 Å². The van der Waals surface area contributed by atoms with Crippen LogP contribution < -0.4 is 4.74 Å². The summed E-state index contributed by atoms with van der Waals surface area (Å²) in [6.45, 7) is 6.74. The molecule has 6 nitrogen and oxygen atoms in total. The Hall–Kier alpha value is -3.19. The third-order valence-electron chi connectivity index (χ3n) is 6.85. The average Bonchev–Trinajstić information content (AvgIpc) is 3.12. The van der Waals surface area contributed by atoms with Crippen molar-refractivity contribution in [1.29, 1.82) is 0 Å². The zero-order valence-electron chi connectivity index (χ0n) is 20.6. The molecule has 0 aliphatic carbocycles. The van der Waals surface area contributed by atoms with Crippen molar-refractivity contribution in [2.24, 2.45) is 0 Å². The van der Waals surface area contributed by atoms with Crippen molar-refractivity contribution in [1.82, 2.24) is 9.47 Å². The molecule has 7 heteroatoms. The van der Waals surface area contributed by atoms with Crippen LogP contribution in [-0.2, 0) is 6.54 Å². The number of benzene rings is 3. The summed E-state index contributed by atoms with van der Waals surface area (Å²) in [5, 5.41) is 21.7. The highest BCUT2D eigenvalue weighted by molar-refractivity contribution is 5.93. The molecule has 192 valence electrons. The number of para-hydroxylation sites is 1. The highest BCUT2D eigenvalue weighted by Crippen LogP contribution is 2.39. The van der Waals surface area contributed by atoms with Crippen LogP contribution in [0, 0.1) is 6.92 Å². The van der Waals surface area contributed by atoms with Gasteiger partial charge in [0.1, 0.15) is 23.9 Å². The number of aryl methyl sites for hydroxylation is 1. The van der Waals surface area contributed by atoms with E-state index in [0.29, 0.717) is 13.2 Å². The van der Waals surface area contributed by atoms with E-state index >= 15 is 0 Å². The molecule has 0 radical (unpaired) electrons. The van der Waals surface area contributed by atoms with Gasteiger partial charge in [-0.15, -0.1) is 12.4 Å². The summed E-state index contributed by atoms with van der Waals surface area (Å²) in [7, 11) is 0. The van der Waals surface area contributed by atoms with Crippen LogP contribution in [0.15, 0.2) is 66.7 Å². The third kappa shape index (κ3) is 5.78. The molecule has 1 aliphatic rings. The summed E-state index contributed by atoms with van der Waals surface area (Å²) < 4.78 is 8.21. The van der Waals surface area contributed by atoms with Crippen LogP contribution in [0.4, 0.5) is 0 Å². The number of halogens is 1. The second-order valence-electron chi connectivity index (χ2n) is 9.17. The molecule has 2 heterocycles. The van der Waals surface area contributed by atoms with E-state index in [2.05, 4.69) is 21.6 Å². The number of ether oxygens (including phenoxy) is 1. The van der Waals surface area contributed by atoms with Gasteiger partial charge in [-0.2, -0.15) is 0 Å². The number of nitrogens with zero attached hydrogens (tertiary/aromatic N) is 2. The number of phenolic OH excluding ortho intramolecular Hbond substituents is 2. The number of hydrogen-bond donors (Lipinski definition) is 2. The fourth-order valence-corrected chi connectivity index (χ4v) is 5.04. The fourth-order valence-electron chi connectivity index (χ4n) is 5.04. The Morgan fingerprint density at radius 3 is 2.33 bits per heavy atom. The largest absolute Gasteiger partial charge is 0.508 e. The summed E-state index contributed by atoms with van der Waals surface area (Å²) in [5.74, 6) is 1.37. The summed E-state index contributed by atoms with van der Waals surface area (Å²) in [5.41, 5.74) is 4.94. The predicted molar refractivity (Wildman–Crippen MR) is 148 cm³/mol. The molecule has 1 saturated heterocycles. The molecule has 0 saturated carbocycles. The molecule has 36 heavy (non-hydrogen) atoms. The van der Waals surface area contributed by atoms with Gasteiger partial charge in [-0.25, -0.2) is 0 Å². The molecule has 4 aromatic rings. The van der Waals surface area contributed by atoms with Gasteiger partial charge < -0.3 is 25.0 Å². The lowest BCUT2D eigenvalue weighted by Crippen LogP contribution is -2.33. The van der Waals surface area contributed by atoms with E-state index in [4.69, 9.17) is 4.74 Å². The van der Waals surface area contributed by atoms with E-state index in [-0.39, 0.29) is 29.4 Å². The number of rotatable bonds is 7. The molecule has 0 spiro atoms. The van der Waals surface area contributed by atoms with Crippen LogP contribution in [0.2, 0.25) is 0 Å². The zero-order chi connectivity index (χ0) is 23.5. The van der Waals surface area contributed by atoms with Crippen molar-refractivity contribution in [2.45, 2.75) is 32.7 Å². The molecule has 0 amide bonds. The lowest BCUT2D eigenvalue weighted by Gasteiger charge is -2.26. The monoisotopic (exact) mass is 510 g/mol. The minimum Gasteiger partial charge on any atom is -0.508 e. The van der Waals surface area contributed by atoms with E-state index in [1.165, 1.54) is 32.4 Å². The summed E-state index contributed by atoms with van der Waals surface area (Å²) in [6, 6.07) is 21.1. The molecule has 1 aliphatic heterocycles. The van der Waals surface area contributed by atoms with E-state index < -0.39 is 0 Å². The molecular formula is C29H35ClN2O4. The number of hydrogen-bond acceptors (Lipinski definition) is 4. The number of piperidine rings is 1. The molecule has 0 bridgehead atoms. The van der Waals surface area contributed by atoms with Crippen LogP contribution in [0.25, 0.3) is 22.2 Å². The molecular weight excluding hydrogens is 476 g/mol. The van der Waals surface area contributed by atoms with Crippen LogP contribution >= 0.6 is 12.4 Å². The molecule has 5 rings (SSSR count). The van der Waals surface area contributed by atoms with Gasteiger partial charge in [-0.1, -0.05) is 30.7 Å². The molecule has 3 aromatic carbocycles. The molecule has 4 N–H and O–H groups in total. The van der Waals surface area contributed by atoms with Gasteiger partial charge in [-0.05, 0) is 86.4 Å². The number of aromatic hydroxyl groups is 2. The molecule has 1 aromatic heterocycles. The maximum Gasteiger partial charge on any atom is 0.124 e. The summed E-state index contributed by atoms with van der Waals surface area (Å²) in [4.78, 5) is 2.48.